The second-order valence-corrected chi connectivity index (χ2v) is 7.38. The fourth-order valence-electron chi connectivity index (χ4n) is 4.76. The van der Waals surface area contributed by atoms with Crippen molar-refractivity contribution in [3.63, 3.8) is 0 Å². The highest BCUT2D eigenvalue weighted by Gasteiger charge is 2.37. The van der Waals surface area contributed by atoms with Gasteiger partial charge in [0.05, 0.1) is 14.2 Å². The van der Waals surface area contributed by atoms with E-state index < -0.39 is 0 Å². The highest BCUT2D eigenvalue weighted by atomic mass is 16.5. The number of hydrogen-bond acceptors (Lipinski definition) is 3. The molecule has 2 aliphatic rings. The molecule has 4 nitrogen and oxygen atoms in total. The normalized spacial score (nSPS) is 17.9. The van der Waals surface area contributed by atoms with E-state index in [1.54, 1.807) is 14.2 Å². The molecule has 2 aromatic carbocycles. The fraction of sp³-hybridized carbons (Fsp3) is 0.304. The summed E-state index contributed by atoms with van der Waals surface area (Å²) in [5.41, 5.74) is 7.98. The predicted molar refractivity (Wildman–Crippen MR) is 106 cm³/mol. The summed E-state index contributed by atoms with van der Waals surface area (Å²) in [6.07, 6.45) is 6.29. The number of nitrogens with zero attached hydrogens (tertiary/aromatic N) is 1. The Balaban J connectivity index is 1.66. The summed E-state index contributed by atoms with van der Waals surface area (Å²) in [6.45, 7) is 2.03. The lowest BCUT2D eigenvalue weighted by atomic mass is 9.77. The highest BCUT2D eigenvalue weighted by Crippen LogP contribution is 2.52. The molecule has 0 saturated carbocycles. The average Bonchev–Trinajstić information content (AvgIpc) is 3.18. The SMILES string of the molecule is COc1cc2c3c(c1OC)-c1c[nH]cc1CC3N(Cc1ccccc1)CC2. The van der Waals surface area contributed by atoms with E-state index >= 15 is 0 Å². The van der Waals surface area contributed by atoms with Crippen LogP contribution in [0.25, 0.3) is 11.1 Å². The van der Waals surface area contributed by atoms with E-state index in [4.69, 9.17) is 9.47 Å². The first-order valence-corrected chi connectivity index (χ1v) is 9.52. The monoisotopic (exact) mass is 360 g/mol. The third-order valence-electron chi connectivity index (χ3n) is 5.98. The molecule has 0 saturated heterocycles. The van der Waals surface area contributed by atoms with E-state index in [9.17, 15) is 0 Å². The van der Waals surface area contributed by atoms with Crippen LogP contribution in [0.4, 0.5) is 0 Å². The summed E-state index contributed by atoms with van der Waals surface area (Å²) >= 11 is 0. The van der Waals surface area contributed by atoms with Crippen LogP contribution in [0.3, 0.4) is 0 Å². The molecule has 0 amide bonds. The van der Waals surface area contributed by atoms with Gasteiger partial charge >= 0.3 is 0 Å². The Labute approximate surface area is 159 Å². The third kappa shape index (κ3) is 2.55. The molecule has 0 bridgehead atoms. The molecule has 1 aromatic heterocycles. The van der Waals surface area contributed by atoms with Crippen LogP contribution in [-0.2, 0) is 19.4 Å². The van der Waals surface area contributed by atoms with Crippen molar-refractivity contribution >= 4 is 0 Å². The minimum absolute atomic E-state index is 0.368. The lowest BCUT2D eigenvalue weighted by Crippen LogP contribution is -2.38. The number of ether oxygens (including phenoxy) is 2. The first-order valence-electron chi connectivity index (χ1n) is 9.52. The molecular formula is C23H24N2O2. The van der Waals surface area contributed by atoms with Gasteiger partial charge in [-0.1, -0.05) is 30.3 Å². The first-order chi connectivity index (χ1) is 13.3. The smallest absolute Gasteiger partial charge is 0.168 e. The van der Waals surface area contributed by atoms with E-state index in [1.807, 2.05) is 0 Å². The second-order valence-electron chi connectivity index (χ2n) is 7.38. The number of aromatic amines is 1. The number of methoxy groups -OCH3 is 2. The van der Waals surface area contributed by atoms with Gasteiger partial charge in [-0.15, -0.1) is 0 Å². The number of H-pyrrole nitrogens is 1. The Morgan fingerprint density at radius 3 is 2.70 bits per heavy atom. The summed E-state index contributed by atoms with van der Waals surface area (Å²) in [4.78, 5) is 5.92. The fourth-order valence-corrected chi connectivity index (χ4v) is 4.76. The number of hydrogen-bond donors (Lipinski definition) is 1. The Bertz CT molecular complexity index is 978. The van der Waals surface area contributed by atoms with E-state index in [2.05, 4.69) is 58.7 Å². The van der Waals surface area contributed by atoms with Gasteiger partial charge in [-0.25, -0.2) is 0 Å². The molecule has 0 radical (unpaired) electrons. The molecule has 3 aromatic rings. The Morgan fingerprint density at radius 1 is 1.07 bits per heavy atom. The molecule has 1 aliphatic carbocycles. The minimum atomic E-state index is 0.368. The van der Waals surface area contributed by atoms with Crippen molar-refractivity contribution in [2.75, 3.05) is 20.8 Å². The first kappa shape index (κ1) is 16.5. The number of nitrogens with one attached hydrogen (secondary N) is 1. The predicted octanol–water partition coefficient (Wildman–Crippen LogP) is 4.35. The van der Waals surface area contributed by atoms with Gasteiger partial charge in [0, 0.05) is 42.7 Å². The summed E-state index contributed by atoms with van der Waals surface area (Å²) in [5.74, 6) is 1.68. The molecule has 27 heavy (non-hydrogen) atoms. The molecule has 4 heteroatoms. The van der Waals surface area contributed by atoms with Crippen LogP contribution in [0, 0.1) is 0 Å². The molecule has 0 fully saturated rings. The maximum atomic E-state index is 5.83. The van der Waals surface area contributed by atoms with Crippen LogP contribution >= 0.6 is 0 Å². The van der Waals surface area contributed by atoms with Crippen molar-refractivity contribution in [3.8, 4) is 22.6 Å². The van der Waals surface area contributed by atoms with Crippen LogP contribution in [-0.4, -0.2) is 30.6 Å². The Kier molecular flexibility index (Phi) is 3.94. The topological polar surface area (TPSA) is 37.5 Å². The van der Waals surface area contributed by atoms with Crippen LogP contribution in [0.1, 0.15) is 28.3 Å². The number of rotatable bonds is 4. The van der Waals surface area contributed by atoms with Gasteiger partial charge in [-0.2, -0.15) is 0 Å². The second kappa shape index (κ2) is 6.46. The minimum Gasteiger partial charge on any atom is -0.493 e. The van der Waals surface area contributed by atoms with Crippen molar-refractivity contribution in [3.05, 3.63) is 71.0 Å². The summed E-state index contributed by atoms with van der Waals surface area (Å²) in [7, 11) is 3.46. The van der Waals surface area contributed by atoms with Gasteiger partial charge < -0.3 is 14.5 Å². The molecule has 5 rings (SSSR count). The van der Waals surface area contributed by atoms with Crippen LogP contribution in [0.15, 0.2) is 48.8 Å². The maximum Gasteiger partial charge on any atom is 0.168 e. The zero-order valence-electron chi connectivity index (χ0n) is 15.8. The number of aromatic nitrogens is 1. The van der Waals surface area contributed by atoms with Crippen molar-refractivity contribution in [1.29, 1.82) is 0 Å². The van der Waals surface area contributed by atoms with Crippen molar-refractivity contribution in [2.45, 2.75) is 25.4 Å². The average molecular weight is 360 g/mol. The zero-order chi connectivity index (χ0) is 18.4. The lowest BCUT2D eigenvalue weighted by Gasteiger charge is -2.41. The molecular weight excluding hydrogens is 336 g/mol. The van der Waals surface area contributed by atoms with E-state index in [0.29, 0.717) is 6.04 Å². The number of benzene rings is 2. The van der Waals surface area contributed by atoms with E-state index in [-0.39, 0.29) is 0 Å². The molecule has 1 aliphatic heterocycles. The van der Waals surface area contributed by atoms with Gasteiger partial charge in [0.2, 0.25) is 0 Å². The van der Waals surface area contributed by atoms with E-state index in [0.717, 1.165) is 37.4 Å². The lowest BCUT2D eigenvalue weighted by molar-refractivity contribution is 0.173. The van der Waals surface area contributed by atoms with Crippen LogP contribution < -0.4 is 9.47 Å². The zero-order valence-corrected chi connectivity index (χ0v) is 15.8. The van der Waals surface area contributed by atoms with Crippen LogP contribution in [0.2, 0.25) is 0 Å². The summed E-state index contributed by atoms with van der Waals surface area (Å²) in [5, 5.41) is 0. The maximum absolute atomic E-state index is 5.83. The molecule has 1 unspecified atom stereocenters. The molecule has 138 valence electrons. The van der Waals surface area contributed by atoms with Crippen molar-refractivity contribution in [2.24, 2.45) is 0 Å². The molecule has 1 N–H and O–H groups in total. The van der Waals surface area contributed by atoms with Crippen LogP contribution in [0.5, 0.6) is 11.5 Å². The van der Waals surface area contributed by atoms with Crippen molar-refractivity contribution < 1.29 is 9.47 Å². The third-order valence-corrected chi connectivity index (χ3v) is 5.98. The quantitative estimate of drug-likeness (QED) is 0.751. The van der Waals surface area contributed by atoms with Gasteiger partial charge in [0.1, 0.15) is 0 Å². The van der Waals surface area contributed by atoms with Gasteiger partial charge in [0.15, 0.2) is 11.5 Å². The number of fused-ring (bicyclic) bond motifs is 2. The van der Waals surface area contributed by atoms with Gasteiger partial charge in [0.25, 0.3) is 0 Å². The largest absolute Gasteiger partial charge is 0.493 e. The summed E-state index contributed by atoms with van der Waals surface area (Å²) in [6, 6.07) is 13.3. The van der Waals surface area contributed by atoms with Gasteiger partial charge in [-0.3, -0.25) is 4.90 Å². The molecule has 0 spiro atoms. The van der Waals surface area contributed by atoms with Gasteiger partial charge in [-0.05, 0) is 41.2 Å². The molecule has 1 atom stereocenters. The Hall–Kier alpha value is -2.72. The standard InChI is InChI=1S/C23H24N2O2/c1-26-20-11-16-8-9-25(14-15-6-4-3-5-7-15)19-10-17-12-24-13-18(17)22(21(16)19)23(20)27-2/h3-7,11-13,19,24H,8-10,14H2,1-2H3. The molecule has 2 heterocycles. The Morgan fingerprint density at radius 2 is 1.93 bits per heavy atom. The summed E-state index contributed by atoms with van der Waals surface area (Å²) < 4.78 is 11.5. The van der Waals surface area contributed by atoms with Crippen molar-refractivity contribution in [1.82, 2.24) is 9.88 Å². The van der Waals surface area contributed by atoms with E-state index in [1.165, 1.54) is 33.4 Å². The highest BCUT2D eigenvalue weighted by molar-refractivity contribution is 5.83.